The van der Waals surface area contributed by atoms with Crippen LogP contribution in [0.5, 0.6) is 0 Å². The lowest BCUT2D eigenvalue weighted by Gasteiger charge is -2.70. The number of ether oxygens (including phenoxy) is 2. The maximum Gasteiger partial charge on any atom is 0.327 e. The molecule has 1 aromatic carbocycles. The number of esters is 2. The van der Waals surface area contributed by atoms with Crippen LogP contribution in [0.1, 0.15) is 125 Å². The Morgan fingerprint density at radius 1 is 0.891 bits per heavy atom. The molecule has 10 heteroatoms. The van der Waals surface area contributed by atoms with Crippen molar-refractivity contribution in [3.8, 4) is 0 Å². The zero-order chi connectivity index (χ0) is 40.2. The molecule has 1 aromatic rings. The number of nitrogens with one attached hydrogen (secondary N) is 1. The van der Waals surface area contributed by atoms with Crippen LogP contribution >= 0.6 is 11.8 Å². The minimum absolute atomic E-state index is 0.00707. The summed E-state index contributed by atoms with van der Waals surface area (Å²) in [7, 11) is 1.31. The molecule has 1 unspecified atom stereocenters. The maximum absolute atomic E-state index is 14.9. The number of carboxylic acids is 1. The first kappa shape index (κ1) is 41.5. The van der Waals surface area contributed by atoms with E-state index in [1.54, 1.807) is 0 Å². The first-order valence-electron chi connectivity index (χ1n) is 20.4. The van der Waals surface area contributed by atoms with Gasteiger partial charge in [-0.3, -0.25) is 19.2 Å². The maximum atomic E-state index is 14.9. The van der Waals surface area contributed by atoms with E-state index in [0.29, 0.717) is 25.0 Å². The Labute approximate surface area is 331 Å². The molecule has 4 fully saturated rings. The highest BCUT2D eigenvalue weighted by Crippen LogP contribution is 2.75. The molecule has 5 aliphatic carbocycles. The van der Waals surface area contributed by atoms with Crippen LogP contribution in [0.3, 0.4) is 0 Å². The highest BCUT2D eigenvalue weighted by Gasteiger charge is 2.70. The molecule has 302 valence electrons. The fraction of sp³-hybridized carbons (Fsp3) is 0.711. The Balaban J connectivity index is 1.22. The van der Waals surface area contributed by atoms with Gasteiger partial charge in [0.25, 0.3) is 0 Å². The van der Waals surface area contributed by atoms with Crippen molar-refractivity contribution in [2.75, 3.05) is 12.9 Å². The molecule has 4 saturated carbocycles. The van der Waals surface area contributed by atoms with Gasteiger partial charge in [0.2, 0.25) is 5.91 Å². The number of rotatable bonds is 11. The summed E-state index contributed by atoms with van der Waals surface area (Å²) in [6.45, 7) is 15.8. The fourth-order valence-electron chi connectivity index (χ4n) is 12.5. The summed E-state index contributed by atoms with van der Waals surface area (Å²) in [6, 6.07) is 8.93. The number of fused-ring (bicyclic) bond motifs is 7. The summed E-state index contributed by atoms with van der Waals surface area (Å²) in [6.07, 6.45) is 9.02. The first-order valence-corrected chi connectivity index (χ1v) is 21.6. The zero-order valence-corrected chi connectivity index (χ0v) is 35.1. The van der Waals surface area contributed by atoms with Crippen molar-refractivity contribution in [2.45, 2.75) is 137 Å². The number of carbonyl (C=O) groups is 5. The third-order valence-electron chi connectivity index (χ3n) is 16.1. The first-order chi connectivity index (χ1) is 25.7. The number of methoxy groups -OCH3 is 1. The lowest BCUT2D eigenvalue weighted by atomic mass is 9.33. The van der Waals surface area contributed by atoms with Gasteiger partial charge >= 0.3 is 17.9 Å². The second-order valence-electron chi connectivity index (χ2n) is 19.5. The molecule has 0 spiro atoms. The number of carbonyl (C=O) groups excluding carboxylic acids is 4. The monoisotopic (exact) mass is 777 g/mol. The Morgan fingerprint density at radius 3 is 2.24 bits per heavy atom. The topological polar surface area (TPSA) is 136 Å². The molecular formula is C45H63NO8S. The van der Waals surface area contributed by atoms with Gasteiger partial charge in [-0.15, -0.1) is 0 Å². The predicted octanol–water partition coefficient (Wildman–Crippen LogP) is 8.33. The standard InChI is InChI=1S/C45H63NO8S/c1-40(2)33-16-19-45(7)37(43(33,5)18-17-34(40)54-36(49)15-14-35(48)53-8)32(47)24-29-30-25-42(4,21-20-41(30,3)22-23-44(29,45)6)39(52)46-31(38(50)51)27-55-26-28-12-10-9-11-13-28/h9-13,24,30-31,33-34,37H,14-23,25-27H2,1-8H3,(H,46,52)(H,50,51)/t30-,31?,33-,34-,37+,41+,42-,43-,44+,45+/m0/s1. The summed E-state index contributed by atoms with van der Waals surface area (Å²) in [5.74, 6) is -0.908. The Kier molecular flexibility index (Phi) is 11.3. The summed E-state index contributed by atoms with van der Waals surface area (Å²) < 4.78 is 10.8. The van der Waals surface area contributed by atoms with Crippen molar-refractivity contribution >= 4 is 41.4 Å². The van der Waals surface area contributed by atoms with Gasteiger partial charge in [0.1, 0.15) is 12.1 Å². The number of allylic oxidation sites excluding steroid dienone is 2. The van der Waals surface area contributed by atoms with Crippen molar-refractivity contribution in [2.24, 2.45) is 50.2 Å². The van der Waals surface area contributed by atoms with Crippen molar-refractivity contribution in [3.05, 3.63) is 47.5 Å². The van der Waals surface area contributed by atoms with E-state index in [-0.39, 0.29) is 87.2 Å². The minimum atomic E-state index is -1.03. The summed E-state index contributed by atoms with van der Waals surface area (Å²) in [5, 5.41) is 13.1. The number of hydrogen-bond donors (Lipinski definition) is 2. The molecule has 55 heavy (non-hydrogen) atoms. The van der Waals surface area contributed by atoms with Gasteiger partial charge < -0.3 is 19.9 Å². The van der Waals surface area contributed by atoms with E-state index in [1.165, 1.54) is 24.4 Å². The summed E-state index contributed by atoms with van der Waals surface area (Å²) in [5.41, 5.74) is 0.317. The number of benzene rings is 1. The van der Waals surface area contributed by atoms with Crippen LogP contribution in [-0.4, -0.2) is 59.7 Å². The van der Waals surface area contributed by atoms with Gasteiger partial charge in [0.15, 0.2) is 5.78 Å². The second-order valence-corrected chi connectivity index (χ2v) is 20.6. The average molecular weight is 778 g/mol. The molecule has 5 aliphatic rings. The molecule has 10 atom stereocenters. The van der Waals surface area contributed by atoms with Gasteiger partial charge in [-0.25, -0.2) is 4.79 Å². The third kappa shape index (κ3) is 7.20. The second kappa shape index (κ2) is 15.0. The van der Waals surface area contributed by atoms with E-state index < -0.39 is 23.4 Å². The van der Waals surface area contributed by atoms with Gasteiger partial charge in [-0.1, -0.05) is 84.4 Å². The van der Waals surface area contributed by atoms with E-state index >= 15 is 0 Å². The van der Waals surface area contributed by atoms with Crippen molar-refractivity contribution in [3.63, 3.8) is 0 Å². The van der Waals surface area contributed by atoms with E-state index in [9.17, 15) is 29.1 Å². The van der Waals surface area contributed by atoms with E-state index in [4.69, 9.17) is 9.47 Å². The molecule has 0 radical (unpaired) electrons. The molecule has 9 nitrogen and oxygen atoms in total. The molecule has 0 aliphatic heterocycles. The van der Waals surface area contributed by atoms with Crippen LogP contribution in [0.15, 0.2) is 42.0 Å². The van der Waals surface area contributed by atoms with Gasteiger partial charge in [-0.05, 0) is 103 Å². The van der Waals surface area contributed by atoms with Crippen molar-refractivity contribution < 1.29 is 38.6 Å². The van der Waals surface area contributed by atoms with Crippen LogP contribution < -0.4 is 5.32 Å². The van der Waals surface area contributed by atoms with Crippen LogP contribution in [0.25, 0.3) is 0 Å². The molecule has 0 saturated heterocycles. The number of thioether (sulfide) groups is 1. The van der Waals surface area contributed by atoms with E-state index in [2.05, 4.69) is 46.9 Å². The predicted molar refractivity (Wildman–Crippen MR) is 213 cm³/mol. The average Bonchev–Trinajstić information content (AvgIpc) is 3.13. The van der Waals surface area contributed by atoms with Gasteiger partial charge in [0.05, 0.1) is 20.0 Å². The molecule has 0 heterocycles. The lowest BCUT2D eigenvalue weighted by Crippen LogP contribution is -2.67. The van der Waals surface area contributed by atoms with Crippen LogP contribution in [0.4, 0.5) is 0 Å². The molecule has 6 rings (SSSR count). The van der Waals surface area contributed by atoms with Crippen molar-refractivity contribution in [1.29, 1.82) is 0 Å². The summed E-state index contributed by atoms with van der Waals surface area (Å²) >= 11 is 1.51. The zero-order valence-electron chi connectivity index (χ0n) is 34.3. The minimum Gasteiger partial charge on any atom is -0.480 e. The van der Waals surface area contributed by atoms with E-state index in [1.807, 2.05) is 43.3 Å². The van der Waals surface area contributed by atoms with Gasteiger partial charge in [-0.2, -0.15) is 11.8 Å². The Bertz CT molecular complexity index is 1730. The normalized spacial score (nSPS) is 38.1. The Morgan fingerprint density at radius 2 is 1.56 bits per heavy atom. The van der Waals surface area contributed by atoms with Crippen LogP contribution in [-0.2, 0) is 39.2 Å². The quantitative estimate of drug-likeness (QED) is 0.213. The highest BCUT2D eigenvalue weighted by molar-refractivity contribution is 7.98. The largest absolute Gasteiger partial charge is 0.480 e. The molecular weight excluding hydrogens is 715 g/mol. The van der Waals surface area contributed by atoms with Gasteiger partial charge in [0, 0.05) is 28.3 Å². The molecule has 0 aromatic heterocycles. The number of amides is 1. The van der Waals surface area contributed by atoms with Crippen LogP contribution in [0.2, 0.25) is 0 Å². The fourth-order valence-corrected chi connectivity index (χ4v) is 13.5. The van der Waals surface area contributed by atoms with Crippen molar-refractivity contribution in [1.82, 2.24) is 5.32 Å². The Hall–Kier alpha value is -3.14. The number of hydrogen-bond acceptors (Lipinski definition) is 8. The molecule has 1 amide bonds. The summed E-state index contributed by atoms with van der Waals surface area (Å²) in [4.78, 5) is 65.9. The highest BCUT2D eigenvalue weighted by atomic mass is 32.2. The lowest BCUT2D eigenvalue weighted by molar-refractivity contribution is -0.211. The number of aliphatic carboxylic acids is 1. The SMILES string of the molecule is COC(=O)CCC(=O)O[C@H]1CC[C@]2(C)[C@H]3C(=O)C=C4[C@@H]5C[C@@](C)(C(=O)NC(CSCc6ccccc6)C(=O)O)CC[C@]5(C)CC[C@@]4(C)[C@]3(C)CC[C@H]2C1(C)C. The third-order valence-corrected chi connectivity index (χ3v) is 17.2. The smallest absolute Gasteiger partial charge is 0.327 e. The molecule has 0 bridgehead atoms. The number of carboxylic acid groups (broad SMARTS) is 1. The molecule has 2 N–H and O–H groups in total. The van der Waals surface area contributed by atoms with Crippen LogP contribution in [0, 0.1) is 50.2 Å². The van der Waals surface area contributed by atoms with E-state index in [0.717, 1.165) is 44.1 Å². The number of ketones is 1.